The third-order valence-electron chi connectivity index (χ3n) is 4.57. The normalized spacial score (nSPS) is 18.0. The number of carbonyl (C=O) groups is 1. The van der Waals surface area contributed by atoms with Crippen molar-refractivity contribution in [1.82, 2.24) is 10.2 Å². The number of amides is 1. The predicted octanol–water partition coefficient (Wildman–Crippen LogP) is 1.93. The van der Waals surface area contributed by atoms with E-state index in [0.717, 1.165) is 18.8 Å². The fourth-order valence-electron chi connectivity index (χ4n) is 2.95. The smallest absolute Gasteiger partial charge is 0.237 e. The summed E-state index contributed by atoms with van der Waals surface area (Å²) in [4.78, 5) is 14.6. The standard InChI is InChI=1S/C18H29N3O2/c1-13(2)17(19)18(22)20-12-16(21-10-4-5-11-21)14-6-8-15(23-3)9-7-14/h6-9,13,16-17H,4-5,10-12,19H2,1-3H3,(H,20,22)/t16?,17-/m0/s1. The summed E-state index contributed by atoms with van der Waals surface area (Å²) in [7, 11) is 1.67. The van der Waals surface area contributed by atoms with Crippen molar-refractivity contribution in [3.63, 3.8) is 0 Å². The molecule has 1 aromatic rings. The van der Waals surface area contributed by atoms with Crippen LogP contribution in [0.15, 0.2) is 24.3 Å². The molecule has 0 saturated carbocycles. The molecule has 1 unspecified atom stereocenters. The van der Waals surface area contributed by atoms with Gasteiger partial charge < -0.3 is 15.8 Å². The number of benzene rings is 1. The van der Waals surface area contributed by atoms with Gasteiger partial charge in [0, 0.05) is 6.54 Å². The van der Waals surface area contributed by atoms with Crippen molar-refractivity contribution in [3.8, 4) is 5.75 Å². The van der Waals surface area contributed by atoms with Crippen molar-refractivity contribution in [3.05, 3.63) is 29.8 Å². The van der Waals surface area contributed by atoms with E-state index in [1.165, 1.54) is 18.4 Å². The molecule has 1 fully saturated rings. The molecule has 1 aliphatic rings. The summed E-state index contributed by atoms with van der Waals surface area (Å²) in [5.74, 6) is 0.915. The van der Waals surface area contributed by atoms with Gasteiger partial charge in [-0.2, -0.15) is 0 Å². The lowest BCUT2D eigenvalue weighted by atomic mass is 10.0. The van der Waals surface area contributed by atoms with Gasteiger partial charge in [0.15, 0.2) is 0 Å². The second-order valence-corrected chi connectivity index (χ2v) is 6.55. The van der Waals surface area contributed by atoms with Crippen LogP contribution in [-0.2, 0) is 4.79 Å². The summed E-state index contributed by atoms with van der Waals surface area (Å²) in [6.07, 6.45) is 2.43. The molecule has 0 bridgehead atoms. The molecule has 5 nitrogen and oxygen atoms in total. The topological polar surface area (TPSA) is 67.6 Å². The highest BCUT2D eigenvalue weighted by molar-refractivity contribution is 5.81. The van der Waals surface area contributed by atoms with Gasteiger partial charge in [-0.05, 0) is 49.5 Å². The summed E-state index contributed by atoms with van der Waals surface area (Å²) < 4.78 is 5.23. The third kappa shape index (κ3) is 4.69. The summed E-state index contributed by atoms with van der Waals surface area (Å²) in [6.45, 7) is 6.66. The Bertz CT molecular complexity index is 495. The molecule has 2 atom stereocenters. The third-order valence-corrected chi connectivity index (χ3v) is 4.57. The van der Waals surface area contributed by atoms with Crippen LogP contribution in [0.3, 0.4) is 0 Å². The minimum Gasteiger partial charge on any atom is -0.497 e. The molecule has 0 aliphatic carbocycles. The number of nitrogens with zero attached hydrogens (tertiary/aromatic N) is 1. The number of hydrogen-bond donors (Lipinski definition) is 2. The number of rotatable bonds is 7. The van der Waals surface area contributed by atoms with E-state index in [-0.39, 0.29) is 17.9 Å². The molecule has 0 aromatic heterocycles. The van der Waals surface area contributed by atoms with E-state index in [9.17, 15) is 4.79 Å². The molecule has 1 aromatic carbocycles. The second kappa shape index (κ2) is 8.31. The zero-order chi connectivity index (χ0) is 16.8. The van der Waals surface area contributed by atoms with E-state index in [1.54, 1.807) is 7.11 Å². The van der Waals surface area contributed by atoms with Gasteiger partial charge in [-0.15, -0.1) is 0 Å². The Kier molecular flexibility index (Phi) is 6.42. The van der Waals surface area contributed by atoms with Gasteiger partial charge in [0.25, 0.3) is 0 Å². The van der Waals surface area contributed by atoms with Crippen molar-refractivity contribution < 1.29 is 9.53 Å². The number of methoxy groups -OCH3 is 1. The van der Waals surface area contributed by atoms with Crippen LogP contribution in [0, 0.1) is 5.92 Å². The van der Waals surface area contributed by atoms with Crippen molar-refractivity contribution >= 4 is 5.91 Å². The molecular formula is C18H29N3O2. The molecule has 5 heteroatoms. The zero-order valence-corrected chi connectivity index (χ0v) is 14.4. The van der Waals surface area contributed by atoms with E-state index in [0.29, 0.717) is 6.54 Å². The van der Waals surface area contributed by atoms with Crippen LogP contribution in [-0.4, -0.2) is 43.6 Å². The summed E-state index contributed by atoms with van der Waals surface area (Å²) in [5, 5.41) is 3.03. The van der Waals surface area contributed by atoms with Gasteiger partial charge in [0.05, 0.1) is 19.2 Å². The molecule has 0 radical (unpaired) electrons. The van der Waals surface area contributed by atoms with Crippen LogP contribution in [0.4, 0.5) is 0 Å². The van der Waals surface area contributed by atoms with Crippen LogP contribution in [0.5, 0.6) is 5.75 Å². The molecule has 1 amide bonds. The number of hydrogen-bond acceptors (Lipinski definition) is 4. The largest absolute Gasteiger partial charge is 0.497 e. The van der Waals surface area contributed by atoms with Crippen molar-refractivity contribution in [2.45, 2.75) is 38.8 Å². The molecule has 1 aliphatic heterocycles. The lowest BCUT2D eigenvalue weighted by molar-refractivity contribution is -0.123. The fourth-order valence-corrected chi connectivity index (χ4v) is 2.95. The minimum atomic E-state index is -0.454. The highest BCUT2D eigenvalue weighted by Gasteiger charge is 2.25. The average molecular weight is 319 g/mol. The highest BCUT2D eigenvalue weighted by Crippen LogP contribution is 2.26. The van der Waals surface area contributed by atoms with Gasteiger partial charge in [-0.25, -0.2) is 0 Å². The molecule has 128 valence electrons. The van der Waals surface area contributed by atoms with Gasteiger partial charge in [0.2, 0.25) is 5.91 Å². The first-order chi connectivity index (χ1) is 11.0. The Morgan fingerprint density at radius 2 is 1.87 bits per heavy atom. The van der Waals surface area contributed by atoms with E-state index in [2.05, 4.69) is 22.3 Å². The Balaban J connectivity index is 2.06. The number of likely N-dealkylation sites (tertiary alicyclic amines) is 1. The van der Waals surface area contributed by atoms with E-state index >= 15 is 0 Å². The summed E-state index contributed by atoms with van der Waals surface area (Å²) in [5.41, 5.74) is 7.13. The number of nitrogens with two attached hydrogens (primary N) is 1. The molecule has 1 heterocycles. The van der Waals surface area contributed by atoms with E-state index < -0.39 is 6.04 Å². The van der Waals surface area contributed by atoms with E-state index in [1.807, 2.05) is 26.0 Å². The SMILES string of the molecule is COc1ccc(C(CNC(=O)[C@@H](N)C(C)C)N2CCCC2)cc1. The molecule has 1 saturated heterocycles. The summed E-state index contributed by atoms with van der Waals surface area (Å²) in [6, 6.07) is 7.84. The Morgan fingerprint density at radius 1 is 1.26 bits per heavy atom. The lowest BCUT2D eigenvalue weighted by Crippen LogP contribution is -2.46. The predicted molar refractivity (Wildman–Crippen MR) is 92.4 cm³/mol. The lowest BCUT2D eigenvalue weighted by Gasteiger charge is -2.29. The monoisotopic (exact) mass is 319 g/mol. The average Bonchev–Trinajstić information content (AvgIpc) is 3.08. The number of carbonyl (C=O) groups excluding carboxylic acids is 1. The first-order valence-electron chi connectivity index (χ1n) is 8.44. The summed E-state index contributed by atoms with van der Waals surface area (Å²) >= 11 is 0. The van der Waals surface area contributed by atoms with Crippen LogP contribution in [0.1, 0.15) is 38.3 Å². The Labute approximate surface area is 139 Å². The fraction of sp³-hybridized carbons (Fsp3) is 0.611. The molecule has 0 spiro atoms. The van der Waals surface area contributed by atoms with Gasteiger partial charge in [0.1, 0.15) is 5.75 Å². The van der Waals surface area contributed by atoms with Crippen molar-refractivity contribution in [1.29, 1.82) is 0 Å². The van der Waals surface area contributed by atoms with Crippen LogP contribution in [0.25, 0.3) is 0 Å². The maximum atomic E-state index is 12.2. The first kappa shape index (κ1) is 17.8. The van der Waals surface area contributed by atoms with Crippen molar-refractivity contribution in [2.24, 2.45) is 11.7 Å². The Morgan fingerprint density at radius 3 is 2.39 bits per heavy atom. The number of ether oxygens (including phenoxy) is 1. The van der Waals surface area contributed by atoms with E-state index in [4.69, 9.17) is 10.5 Å². The number of nitrogens with one attached hydrogen (secondary N) is 1. The maximum absolute atomic E-state index is 12.2. The van der Waals surface area contributed by atoms with Gasteiger partial charge in [-0.3, -0.25) is 9.69 Å². The molecule has 2 rings (SSSR count). The quantitative estimate of drug-likeness (QED) is 0.806. The molecule has 3 N–H and O–H groups in total. The molecular weight excluding hydrogens is 290 g/mol. The first-order valence-corrected chi connectivity index (χ1v) is 8.44. The van der Waals surface area contributed by atoms with Crippen molar-refractivity contribution in [2.75, 3.05) is 26.7 Å². The zero-order valence-electron chi connectivity index (χ0n) is 14.4. The van der Waals surface area contributed by atoms with Gasteiger partial charge in [-0.1, -0.05) is 26.0 Å². The van der Waals surface area contributed by atoms with Crippen LogP contribution in [0.2, 0.25) is 0 Å². The van der Waals surface area contributed by atoms with Gasteiger partial charge >= 0.3 is 0 Å². The minimum absolute atomic E-state index is 0.0716. The Hall–Kier alpha value is -1.59. The maximum Gasteiger partial charge on any atom is 0.237 e. The highest BCUT2D eigenvalue weighted by atomic mass is 16.5. The van der Waals surface area contributed by atoms with Crippen LogP contribution < -0.4 is 15.8 Å². The second-order valence-electron chi connectivity index (χ2n) is 6.55. The van der Waals surface area contributed by atoms with Crippen LogP contribution >= 0.6 is 0 Å². The molecule has 23 heavy (non-hydrogen) atoms.